The second-order valence-electron chi connectivity index (χ2n) is 6.63. The Balaban J connectivity index is -0.00000133. The average molecular weight is 334 g/mol. The fraction of sp³-hybridized carbons (Fsp3) is 0.737. The van der Waals surface area contributed by atoms with E-state index in [4.69, 9.17) is 0 Å². The zero-order valence-electron chi connectivity index (χ0n) is 16.7. The van der Waals surface area contributed by atoms with Crippen molar-refractivity contribution in [2.24, 2.45) is 11.3 Å². The predicted octanol–water partition coefficient (Wildman–Crippen LogP) is 0.926. The van der Waals surface area contributed by atoms with E-state index < -0.39 is 0 Å². The standard InChI is InChI=1S/C17H32N2O.2CH3.Na/c1-6-18(7-2)12-8-9-16(20)19-13-10-17(5,11-14-19)15(3)4;;;/h15H,1-2,6-14H2,3-5H3;2*1H3;/q-2;2*-1;+1. The number of carbonyl (C=O) groups is 1. The fourth-order valence-electron chi connectivity index (χ4n) is 2.79. The minimum absolute atomic E-state index is 0. The third-order valence-electron chi connectivity index (χ3n) is 5.15. The van der Waals surface area contributed by atoms with Crippen LogP contribution in [0.2, 0.25) is 0 Å². The van der Waals surface area contributed by atoms with E-state index in [0.29, 0.717) is 23.7 Å². The van der Waals surface area contributed by atoms with Crippen LogP contribution in [-0.2, 0) is 4.79 Å². The second-order valence-corrected chi connectivity index (χ2v) is 6.63. The Bertz CT molecular complexity index is 296. The molecule has 0 radical (unpaired) electrons. The van der Waals surface area contributed by atoms with E-state index in [0.717, 1.165) is 52.0 Å². The number of hydrogen-bond acceptors (Lipinski definition) is 2. The summed E-state index contributed by atoms with van der Waals surface area (Å²) in [5, 5.41) is 0. The molecule has 0 aliphatic carbocycles. The Morgan fingerprint density at radius 2 is 1.65 bits per heavy atom. The fourth-order valence-corrected chi connectivity index (χ4v) is 2.79. The Morgan fingerprint density at radius 1 is 1.17 bits per heavy atom. The van der Waals surface area contributed by atoms with Gasteiger partial charge in [0.25, 0.3) is 0 Å². The van der Waals surface area contributed by atoms with E-state index in [-0.39, 0.29) is 44.4 Å². The van der Waals surface area contributed by atoms with E-state index >= 15 is 0 Å². The summed E-state index contributed by atoms with van der Waals surface area (Å²) in [5.74, 6) is 1.02. The van der Waals surface area contributed by atoms with Crippen LogP contribution in [0.4, 0.5) is 0 Å². The topological polar surface area (TPSA) is 23.6 Å². The SMILES string of the molecule is [CH2-]CN(C[CH2-])CCCC(=O)N1CCC(C)(C(C)C)CC1.[CH3-].[CH3-].[Na+]. The number of amides is 1. The second kappa shape index (κ2) is 13.7. The molecule has 4 heteroatoms. The molecule has 0 spiro atoms. The molecule has 1 fully saturated rings. The van der Waals surface area contributed by atoms with Crippen LogP contribution in [0.15, 0.2) is 0 Å². The van der Waals surface area contributed by atoms with Crippen molar-refractivity contribution in [3.05, 3.63) is 28.7 Å². The van der Waals surface area contributed by atoms with E-state index in [9.17, 15) is 4.79 Å². The number of hydrogen-bond donors (Lipinski definition) is 0. The van der Waals surface area contributed by atoms with Crippen molar-refractivity contribution in [2.45, 2.75) is 46.5 Å². The van der Waals surface area contributed by atoms with Crippen molar-refractivity contribution in [1.82, 2.24) is 9.80 Å². The monoisotopic (exact) mass is 333 g/mol. The Hall–Kier alpha value is 0.430. The van der Waals surface area contributed by atoms with Crippen LogP contribution in [0.5, 0.6) is 0 Å². The molecule has 1 aliphatic heterocycles. The molecule has 23 heavy (non-hydrogen) atoms. The van der Waals surface area contributed by atoms with Crippen molar-refractivity contribution < 1.29 is 34.4 Å². The minimum atomic E-state index is 0. The average Bonchev–Trinajstić information content (AvgIpc) is 2.44. The Kier molecular flexibility index (Phi) is 16.8. The largest absolute Gasteiger partial charge is 1.00 e. The molecule has 134 valence electrons. The van der Waals surface area contributed by atoms with E-state index in [2.05, 4.69) is 44.4 Å². The maximum atomic E-state index is 12.2. The van der Waals surface area contributed by atoms with Gasteiger partial charge in [-0.1, -0.05) is 20.8 Å². The summed E-state index contributed by atoms with van der Waals surface area (Å²) in [7, 11) is 0. The maximum Gasteiger partial charge on any atom is 1.00 e. The van der Waals surface area contributed by atoms with Gasteiger partial charge >= 0.3 is 29.6 Å². The molecule has 0 bridgehead atoms. The van der Waals surface area contributed by atoms with Crippen LogP contribution in [0.25, 0.3) is 0 Å². The molecule has 0 aromatic heterocycles. The summed E-state index contributed by atoms with van der Waals surface area (Å²) in [5.41, 5.74) is 0.412. The normalized spacial score (nSPS) is 16.4. The quantitative estimate of drug-likeness (QED) is 0.511. The summed E-state index contributed by atoms with van der Waals surface area (Å²) in [6, 6.07) is 0. The Morgan fingerprint density at radius 3 is 2.04 bits per heavy atom. The van der Waals surface area contributed by atoms with Gasteiger partial charge in [0.15, 0.2) is 0 Å². The first-order valence-electron chi connectivity index (χ1n) is 8.01. The van der Waals surface area contributed by atoms with Crippen molar-refractivity contribution in [3.8, 4) is 0 Å². The first-order chi connectivity index (χ1) is 9.42. The summed E-state index contributed by atoms with van der Waals surface area (Å²) < 4.78 is 0. The van der Waals surface area contributed by atoms with Gasteiger partial charge in [0, 0.05) is 19.5 Å². The molecule has 1 heterocycles. The Labute approximate surface area is 168 Å². The molecule has 1 saturated heterocycles. The van der Waals surface area contributed by atoms with E-state index in [1.165, 1.54) is 0 Å². The van der Waals surface area contributed by atoms with Gasteiger partial charge in [-0.2, -0.15) is 0 Å². The molecule has 0 aromatic carbocycles. The molecular weight excluding hydrogens is 295 g/mol. The first kappa shape index (κ1) is 28.2. The van der Waals surface area contributed by atoms with Gasteiger partial charge in [0.2, 0.25) is 5.91 Å². The molecule has 0 unspecified atom stereocenters. The van der Waals surface area contributed by atoms with Crippen LogP contribution >= 0.6 is 0 Å². The number of rotatable bonds is 7. The van der Waals surface area contributed by atoms with Crippen molar-refractivity contribution >= 4 is 5.91 Å². The van der Waals surface area contributed by atoms with Crippen molar-refractivity contribution in [1.29, 1.82) is 0 Å². The minimum Gasteiger partial charge on any atom is -0.363 e. The molecule has 0 N–H and O–H groups in total. The number of nitrogens with zero attached hydrogens (tertiary/aromatic N) is 2. The van der Waals surface area contributed by atoms with Crippen LogP contribution in [-0.4, -0.2) is 48.4 Å². The summed E-state index contributed by atoms with van der Waals surface area (Å²) in [6.45, 7) is 19.0. The van der Waals surface area contributed by atoms with Gasteiger partial charge in [0.1, 0.15) is 0 Å². The molecule has 0 atom stereocenters. The molecule has 1 aliphatic rings. The maximum absolute atomic E-state index is 12.2. The molecule has 1 amide bonds. The van der Waals surface area contributed by atoms with Gasteiger partial charge in [-0.15, -0.1) is 13.1 Å². The summed E-state index contributed by atoms with van der Waals surface area (Å²) >= 11 is 0. The summed E-state index contributed by atoms with van der Waals surface area (Å²) in [6.07, 6.45) is 3.86. The predicted molar refractivity (Wildman–Crippen MR) is 98.0 cm³/mol. The molecule has 0 saturated carbocycles. The zero-order valence-corrected chi connectivity index (χ0v) is 18.7. The number of piperidine rings is 1. The molecule has 0 aromatic rings. The van der Waals surface area contributed by atoms with Gasteiger partial charge in [-0.05, 0) is 37.1 Å². The molecule has 1 rings (SSSR count). The van der Waals surface area contributed by atoms with Gasteiger partial charge < -0.3 is 38.5 Å². The van der Waals surface area contributed by atoms with Crippen molar-refractivity contribution in [2.75, 3.05) is 32.7 Å². The number of carbonyl (C=O) groups excluding carboxylic acids is 1. The first-order valence-corrected chi connectivity index (χ1v) is 8.01. The van der Waals surface area contributed by atoms with Crippen LogP contribution < -0.4 is 29.6 Å². The van der Waals surface area contributed by atoms with Crippen LogP contribution in [0.3, 0.4) is 0 Å². The van der Waals surface area contributed by atoms with Gasteiger partial charge in [0.05, 0.1) is 0 Å². The van der Waals surface area contributed by atoms with Crippen LogP contribution in [0.1, 0.15) is 46.5 Å². The van der Waals surface area contributed by atoms with Gasteiger partial charge in [-0.3, -0.25) is 4.79 Å². The third kappa shape index (κ3) is 8.90. The van der Waals surface area contributed by atoms with E-state index in [1.54, 1.807) is 0 Å². The molecular formula is C19H38N2NaO-3. The number of likely N-dealkylation sites (tertiary alicyclic amines) is 1. The van der Waals surface area contributed by atoms with Gasteiger partial charge in [-0.25, -0.2) is 0 Å². The van der Waals surface area contributed by atoms with E-state index in [1.807, 2.05) is 0 Å². The third-order valence-corrected chi connectivity index (χ3v) is 5.15. The van der Waals surface area contributed by atoms with Crippen LogP contribution in [0, 0.1) is 40.0 Å². The molecule has 3 nitrogen and oxygen atoms in total. The summed E-state index contributed by atoms with van der Waals surface area (Å²) in [4.78, 5) is 16.4. The van der Waals surface area contributed by atoms with Crippen molar-refractivity contribution in [3.63, 3.8) is 0 Å². The zero-order chi connectivity index (χ0) is 15.2. The smallest absolute Gasteiger partial charge is 0.363 e.